The minimum atomic E-state index is -3.70. The Balaban J connectivity index is 1.94. The molecule has 2 saturated heterocycles. The van der Waals surface area contributed by atoms with Crippen LogP contribution in [0, 0.1) is 6.92 Å². The van der Waals surface area contributed by atoms with Gasteiger partial charge in [-0.2, -0.15) is 9.40 Å². The molecule has 8 nitrogen and oxygen atoms in total. The first-order valence-electron chi connectivity index (χ1n) is 6.93. The summed E-state index contributed by atoms with van der Waals surface area (Å²) in [5, 5.41) is 3.99. The number of aryl methyl sites for hydroxylation is 1. The average Bonchev–Trinajstić information content (AvgIpc) is 2.96. The lowest BCUT2D eigenvalue weighted by Crippen LogP contribution is -2.51. The molecule has 0 unspecified atom stereocenters. The number of nitrogens with zero attached hydrogens (tertiary/aromatic N) is 3. The fourth-order valence-electron chi connectivity index (χ4n) is 2.95. The highest BCUT2D eigenvalue weighted by molar-refractivity contribution is 7.89. The van der Waals surface area contributed by atoms with Crippen LogP contribution >= 0.6 is 0 Å². The summed E-state index contributed by atoms with van der Waals surface area (Å²) in [5.74, 6) is -0.765. The van der Waals surface area contributed by atoms with Gasteiger partial charge in [-0.25, -0.2) is 8.42 Å². The second kappa shape index (κ2) is 4.94. The Morgan fingerprint density at radius 1 is 1.33 bits per heavy atom. The van der Waals surface area contributed by atoms with Crippen LogP contribution in [0.2, 0.25) is 0 Å². The summed E-state index contributed by atoms with van der Waals surface area (Å²) in [6.07, 6.45) is 1.40. The first-order valence-corrected chi connectivity index (χ1v) is 8.37. The molecule has 21 heavy (non-hydrogen) atoms. The number of sulfonamides is 1. The quantitative estimate of drug-likeness (QED) is 0.814. The molecule has 2 aliphatic rings. The summed E-state index contributed by atoms with van der Waals surface area (Å²) in [4.78, 5) is 0.0834. The van der Waals surface area contributed by atoms with Crippen molar-refractivity contribution in [1.82, 2.24) is 14.1 Å². The third-order valence-electron chi connectivity index (χ3n) is 4.10. The molecule has 9 heteroatoms. The highest BCUT2D eigenvalue weighted by Crippen LogP contribution is 2.34. The van der Waals surface area contributed by atoms with Gasteiger partial charge in [-0.15, -0.1) is 0 Å². The lowest BCUT2D eigenvalue weighted by Gasteiger charge is -2.37. The average molecular weight is 316 g/mol. The summed E-state index contributed by atoms with van der Waals surface area (Å²) in [6, 6.07) is 0. The first kappa shape index (κ1) is 14.8. The van der Waals surface area contributed by atoms with Crippen molar-refractivity contribution in [1.29, 1.82) is 0 Å². The largest absolute Gasteiger partial charge is 0.381 e. The maximum atomic E-state index is 12.9. The van der Waals surface area contributed by atoms with Gasteiger partial charge in [-0.05, 0) is 13.3 Å². The molecule has 0 aromatic carbocycles. The van der Waals surface area contributed by atoms with Gasteiger partial charge in [0.1, 0.15) is 4.90 Å². The Kier molecular flexibility index (Phi) is 3.47. The zero-order chi connectivity index (χ0) is 15.3. The fourth-order valence-corrected chi connectivity index (χ4v) is 4.76. The van der Waals surface area contributed by atoms with Crippen molar-refractivity contribution in [3.05, 3.63) is 5.69 Å². The number of nitrogen functional groups attached to an aromatic ring is 1. The van der Waals surface area contributed by atoms with E-state index in [0.717, 1.165) is 0 Å². The lowest BCUT2D eigenvalue weighted by atomic mass is 10.1. The van der Waals surface area contributed by atoms with Gasteiger partial charge in [0.15, 0.2) is 11.6 Å². The molecular formula is C12H20N4O4S. The Labute approximate surface area is 123 Å². The van der Waals surface area contributed by atoms with E-state index < -0.39 is 15.8 Å². The van der Waals surface area contributed by atoms with Crippen LogP contribution in [0.5, 0.6) is 0 Å². The molecule has 0 bridgehead atoms. The minimum Gasteiger partial charge on any atom is -0.381 e. The second-order valence-electron chi connectivity index (χ2n) is 5.47. The third kappa shape index (κ3) is 2.33. The molecule has 0 radical (unpaired) electrons. The molecule has 1 aromatic rings. The second-order valence-corrected chi connectivity index (χ2v) is 7.35. The molecule has 1 spiro atoms. The Bertz CT molecular complexity index is 648. The van der Waals surface area contributed by atoms with Crippen LogP contribution in [0.4, 0.5) is 5.82 Å². The normalized spacial score (nSPS) is 23.0. The zero-order valence-corrected chi connectivity index (χ0v) is 13.0. The van der Waals surface area contributed by atoms with Crippen LogP contribution in [-0.4, -0.2) is 54.6 Å². The molecule has 2 fully saturated rings. The van der Waals surface area contributed by atoms with Crippen molar-refractivity contribution in [3.63, 3.8) is 0 Å². The van der Waals surface area contributed by atoms with E-state index >= 15 is 0 Å². The predicted molar refractivity (Wildman–Crippen MR) is 75.0 cm³/mol. The van der Waals surface area contributed by atoms with Gasteiger partial charge in [-0.3, -0.25) is 4.68 Å². The monoisotopic (exact) mass is 316 g/mol. The standard InChI is InChI=1S/C12H20N4O4S/c1-9-10(11(13)14-15(9)2)21(17,18)16-5-3-4-12(8-16)19-6-7-20-12/h3-8H2,1-2H3,(H2,13,14). The summed E-state index contributed by atoms with van der Waals surface area (Å²) >= 11 is 0. The number of hydrogen-bond donors (Lipinski definition) is 1. The van der Waals surface area contributed by atoms with E-state index in [2.05, 4.69) is 5.10 Å². The number of anilines is 1. The Morgan fingerprint density at radius 2 is 2.00 bits per heavy atom. The molecular weight excluding hydrogens is 296 g/mol. The van der Waals surface area contributed by atoms with Crippen molar-refractivity contribution in [3.8, 4) is 0 Å². The van der Waals surface area contributed by atoms with Crippen LogP contribution < -0.4 is 5.73 Å². The zero-order valence-electron chi connectivity index (χ0n) is 12.2. The van der Waals surface area contributed by atoms with E-state index in [4.69, 9.17) is 15.2 Å². The molecule has 3 rings (SSSR count). The van der Waals surface area contributed by atoms with Crippen molar-refractivity contribution in [2.45, 2.75) is 30.4 Å². The Hall–Kier alpha value is -1.16. The van der Waals surface area contributed by atoms with Gasteiger partial charge in [0, 0.05) is 20.0 Å². The molecule has 0 saturated carbocycles. The van der Waals surface area contributed by atoms with Crippen LogP contribution in [0.1, 0.15) is 18.5 Å². The molecule has 0 amide bonds. The molecule has 0 atom stereocenters. The molecule has 2 N–H and O–H groups in total. The fraction of sp³-hybridized carbons (Fsp3) is 0.750. The summed E-state index contributed by atoms with van der Waals surface area (Å²) in [6.45, 7) is 3.33. The molecule has 0 aliphatic carbocycles. The smallest absolute Gasteiger partial charge is 0.248 e. The third-order valence-corrected chi connectivity index (χ3v) is 6.11. The number of aromatic nitrogens is 2. The van der Waals surface area contributed by atoms with E-state index in [1.807, 2.05) is 0 Å². The molecule has 118 valence electrons. The van der Waals surface area contributed by atoms with Crippen LogP contribution in [0.3, 0.4) is 0 Å². The van der Waals surface area contributed by atoms with Crippen molar-refractivity contribution >= 4 is 15.8 Å². The molecule has 1 aromatic heterocycles. The first-order chi connectivity index (χ1) is 9.86. The number of hydrogen-bond acceptors (Lipinski definition) is 6. The number of nitrogens with two attached hydrogens (primary N) is 1. The van der Waals surface area contributed by atoms with Crippen LogP contribution in [0.15, 0.2) is 4.90 Å². The van der Waals surface area contributed by atoms with Gasteiger partial charge in [0.05, 0.1) is 25.5 Å². The summed E-state index contributed by atoms with van der Waals surface area (Å²) < 4.78 is 39.9. The van der Waals surface area contributed by atoms with E-state index in [0.29, 0.717) is 38.3 Å². The van der Waals surface area contributed by atoms with Crippen LogP contribution in [-0.2, 0) is 26.5 Å². The summed E-state index contributed by atoms with van der Waals surface area (Å²) in [7, 11) is -2.03. The predicted octanol–water partition coefficient (Wildman–Crippen LogP) is -0.162. The lowest BCUT2D eigenvalue weighted by molar-refractivity contribution is -0.179. The molecule has 3 heterocycles. The van der Waals surface area contributed by atoms with E-state index in [-0.39, 0.29) is 17.3 Å². The SMILES string of the molecule is Cc1c(S(=O)(=O)N2CCCC3(C2)OCCO3)c(N)nn1C. The van der Waals surface area contributed by atoms with Gasteiger partial charge in [0.2, 0.25) is 10.0 Å². The van der Waals surface area contributed by atoms with Crippen molar-refractivity contribution < 1.29 is 17.9 Å². The van der Waals surface area contributed by atoms with E-state index in [9.17, 15) is 8.42 Å². The number of rotatable bonds is 2. The van der Waals surface area contributed by atoms with Crippen molar-refractivity contribution in [2.75, 3.05) is 32.0 Å². The number of piperidine rings is 1. The van der Waals surface area contributed by atoms with Gasteiger partial charge >= 0.3 is 0 Å². The summed E-state index contributed by atoms with van der Waals surface area (Å²) in [5.41, 5.74) is 6.31. The van der Waals surface area contributed by atoms with Gasteiger partial charge in [-0.1, -0.05) is 0 Å². The molecule has 2 aliphatic heterocycles. The number of ether oxygens (including phenoxy) is 2. The topological polar surface area (TPSA) is 99.7 Å². The van der Waals surface area contributed by atoms with E-state index in [1.165, 1.54) is 8.99 Å². The van der Waals surface area contributed by atoms with E-state index in [1.54, 1.807) is 14.0 Å². The maximum absolute atomic E-state index is 12.9. The Morgan fingerprint density at radius 3 is 2.57 bits per heavy atom. The van der Waals surface area contributed by atoms with Gasteiger partial charge < -0.3 is 15.2 Å². The van der Waals surface area contributed by atoms with Crippen molar-refractivity contribution in [2.24, 2.45) is 7.05 Å². The minimum absolute atomic E-state index is 0.0304. The van der Waals surface area contributed by atoms with Crippen LogP contribution in [0.25, 0.3) is 0 Å². The highest BCUT2D eigenvalue weighted by atomic mass is 32.2. The maximum Gasteiger partial charge on any atom is 0.248 e. The highest BCUT2D eigenvalue weighted by Gasteiger charge is 2.45. The van der Waals surface area contributed by atoms with Gasteiger partial charge in [0.25, 0.3) is 0 Å².